The summed E-state index contributed by atoms with van der Waals surface area (Å²) in [7, 11) is 1.59. The van der Waals surface area contributed by atoms with Gasteiger partial charge in [-0.2, -0.15) is 5.10 Å². The van der Waals surface area contributed by atoms with E-state index in [4.69, 9.17) is 0 Å². The highest BCUT2D eigenvalue weighted by Gasteiger charge is 2.26. The van der Waals surface area contributed by atoms with Crippen LogP contribution in [0.5, 0.6) is 0 Å². The Morgan fingerprint density at radius 1 is 1.71 bits per heavy atom. The molecular formula is C8H9BrFN3O. The molecule has 1 amide bonds. The van der Waals surface area contributed by atoms with Gasteiger partial charge in [0.25, 0.3) is 0 Å². The van der Waals surface area contributed by atoms with Crippen LogP contribution in [0.4, 0.5) is 4.39 Å². The van der Waals surface area contributed by atoms with Crippen molar-refractivity contribution in [3.8, 4) is 0 Å². The lowest BCUT2D eigenvalue weighted by molar-refractivity contribution is -0.130. The van der Waals surface area contributed by atoms with Gasteiger partial charge in [-0.05, 0) is 22.0 Å². The van der Waals surface area contributed by atoms with Crippen molar-refractivity contribution in [3.63, 3.8) is 0 Å². The van der Waals surface area contributed by atoms with Crippen molar-refractivity contribution >= 4 is 21.8 Å². The molecule has 0 aromatic carbocycles. The monoisotopic (exact) mass is 261 g/mol. The maximum Gasteiger partial charge on any atom is 0.244 e. The lowest BCUT2D eigenvalue weighted by Gasteiger charge is -2.14. The van der Waals surface area contributed by atoms with Gasteiger partial charge in [0.2, 0.25) is 5.91 Å². The molecule has 1 aromatic rings. The minimum absolute atomic E-state index is 0.0942. The zero-order chi connectivity index (χ0) is 10.3. The number of likely N-dealkylation sites (N-methyl/N-ethyl adjacent to an activating group) is 1. The molecule has 0 N–H and O–H groups in total. The van der Waals surface area contributed by atoms with E-state index in [0.717, 1.165) is 0 Å². The molecule has 0 spiro atoms. The van der Waals surface area contributed by atoms with Crippen LogP contribution in [-0.4, -0.2) is 34.2 Å². The zero-order valence-electron chi connectivity index (χ0n) is 7.57. The molecule has 0 bridgehead atoms. The molecule has 0 saturated carbocycles. The molecule has 1 aliphatic rings. The summed E-state index contributed by atoms with van der Waals surface area (Å²) in [4.78, 5) is 12.8. The number of nitrogens with zero attached hydrogens (tertiary/aromatic N) is 3. The normalized spacial score (nSPS) is 22.1. The predicted molar refractivity (Wildman–Crippen MR) is 51.4 cm³/mol. The first-order chi connectivity index (χ1) is 6.58. The number of hydrogen-bond donors (Lipinski definition) is 0. The van der Waals surface area contributed by atoms with Crippen LogP contribution in [0, 0.1) is 0 Å². The molecule has 0 radical (unpaired) electrons. The molecule has 2 heterocycles. The van der Waals surface area contributed by atoms with E-state index < -0.39 is 6.17 Å². The average Bonchev–Trinajstić information content (AvgIpc) is 2.42. The van der Waals surface area contributed by atoms with E-state index in [0.29, 0.717) is 10.3 Å². The maximum absolute atomic E-state index is 13.6. The number of aromatic nitrogens is 2. The zero-order valence-corrected chi connectivity index (χ0v) is 9.16. The van der Waals surface area contributed by atoms with Crippen molar-refractivity contribution in [2.75, 3.05) is 13.6 Å². The first-order valence-corrected chi connectivity index (χ1v) is 4.98. The van der Waals surface area contributed by atoms with E-state index in [2.05, 4.69) is 21.0 Å². The first kappa shape index (κ1) is 9.64. The van der Waals surface area contributed by atoms with Crippen LogP contribution in [-0.2, 0) is 11.3 Å². The summed E-state index contributed by atoms with van der Waals surface area (Å²) >= 11 is 3.16. The van der Waals surface area contributed by atoms with Crippen LogP contribution >= 0.6 is 15.9 Å². The molecule has 1 aromatic heterocycles. The van der Waals surface area contributed by atoms with Crippen molar-refractivity contribution in [1.29, 1.82) is 0 Å². The average molecular weight is 262 g/mol. The Morgan fingerprint density at radius 2 is 2.43 bits per heavy atom. The highest BCUT2D eigenvalue weighted by molar-refractivity contribution is 9.10. The molecular weight excluding hydrogens is 253 g/mol. The van der Waals surface area contributed by atoms with E-state index in [1.807, 2.05) is 0 Å². The summed E-state index contributed by atoms with van der Waals surface area (Å²) in [5.74, 6) is -0.123. The predicted octanol–water partition coefficient (Wildman–Crippen LogP) is 1.13. The highest BCUT2D eigenvalue weighted by atomic mass is 79.9. The SMILES string of the molecule is CN1CC(F)c2cc(Br)nn2CC1=O. The fraction of sp³-hybridized carbons (Fsp3) is 0.500. The number of carbonyl (C=O) groups excluding carboxylic acids is 1. The van der Waals surface area contributed by atoms with E-state index in [9.17, 15) is 9.18 Å². The molecule has 0 aliphatic carbocycles. The molecule has 1 aliphatic heterocycles. The van der Waals surface area contributed by atoms with E-state index >= 15 is 0 Å². The highest BCUT2D eigenvalue weighted by Crippen LogP contribution is 2.24. The van der Waals surface area contributed by atoms with Crippen molar-refractivity contribution in [2.24, 2.45) is 0 Å². The Labute approximate surface area is 88.8 Å². The standard InChI is InChI=1S/C8H9BrFN3O/c1-12-3-5(10)6-2-7(9)11-13(6)4-8(12)14/h2,5H,3-4H2,1H3. The topological polar surface area (TPSA) is 38.1 Å². The van der Waals surface area contributed by atoms with Gasteiger partial charge in [-0.3, -0.25) is 9.48 Å². The third kappa shape index (κ3) is 1.54. The lowest BCUT2D eigenvalue weighted by Crippen LogP contribution is -2.29. The van der Waals surface area contributed by atoms with E-state index in [-0.39, 0.29) is 19.0 Å². The van der Waals surface area contributed by atoms with Gasteiger partial charge in [-0.15, -0.1) is 0 Å². The number of rotatable bonds is 0. The second-order valence-electron chi connectivity index (χ2n) is 3.29. The molecule has 2 rings (SSSR count). The molecule has 4 nitrogen and oxygen atoms in total. The van der Waals surface area contributed by atoms with Crippen LogP contribution in [0.1, 0.15) is 11.9 Å². The van der Waals surface area contributed by atoms with Crippen molar-refractivity contribution < 1.29 is 9.18 Å². The number of alkyl halides is 1. The fourth-order valence-corrected chi connectivity index (χ4v) is 1.89. The molecule has 76 valence electrons. The summed E-state index contributed by atoms with van der Waals surface area (Å²) in [5, 5.41) is 3.99. The number of amides is 1. The maximum atomic E-state index is 13.6. The Hall–Kier alpha value is -0.910. The molecule has 0 saturated heterocycles. The van der Waals surface area contributed by atoms with Gasteiger partial charge in [-0.1, -0.05) is 0 Å². The molecule has 0 fully saturated rings. The van der Waals surface area contributed by atoms with Crippen LogP contribution in [0.25, 0.3) is 0 Å². The number of halogens is 2. The van der Waals surface area contributed by atoms with Gasteiger partial charge in [0, 0.05) is 7.05 Å². The number of fused-ring (bicyclic) bond motifs is 1. The van der Waals surface area contributed by atoms with Gasteiger partial charge in [0.15, 0.2) is 6.17 Å². The van der Waals surface area contributed by atoms with Crippen LogP contribution in [0.15, 0.2) is 10.7 Å². The second-order valence-corrected chi connectivity index (χ2v) is 4.10. The van der Waals surface area contributed by atoms with Crippen LogP contribution in [0.2, 0.25) is 0 Å². The Morgan fingerprint density at radius 3 is 3.14 bits per heavy atom. The molecule has 6 heteroatoms. The van der Waals surface area contributed by atoms with Gasteiger partial charge in [0.1, 0.15) is 11.1 Å². The van der Waals surface area contributed by atoms with Gasteiger partial charge in [0.05, 0.1) is 12.2 Å². The molecule has 14 heavy (non-hydrogen) atoms. The van der Waals surface area contributed by atoms with Crippen LogP contribution < -0.4 is 0 Å². The summed E-state index contributed by atoms with van der Waals surface area (Å²) in [5.41, 5.74) is 0.453. The minimum atomic E-state index is -1.16. The third-order valence-corrected chi connectivity index (χ3v) is 2.63. The summed E-state index contributed by atoms with van der Waals surface area (Å²) < 4.78 is 15.6. The summed E-state index contributed by atoms with van der Waals surface area (Å²) in [6.45, 7) is 0.203. The second kappa shape index (κ2) is 3.34. The van der Waals surface area contributed by atoms with Crippen molar-refractivity contribution in [2.45, 2.75) is 12.7 Å². The Balaban J connectivity index is 2.41. The number of carbonyl (C=O) groups is 1. The molecule has 1 unspecified atom stereocenters. The third-order valence-electron chi connectivity index (χ3n) is 2.25. The fourth-order valence-electron chi connectivity index (χ4n) is 1.46. The first-order valence-electron chi connectivity index (χ1n) is 4.19. The summed E-state index contributed by atoms with van der Waals surface area (Å²) in [6.07, 6.45) is -1.16. The van der Waals surface area contributed by atoms with E-state index in [1.54, 1.807) is 13.1 Å². The summed E-state index contributed by atoms with van der Waals surface area (Å²) in [6, 6.07) is 1.61. The molecule has 1 atom stereocenters. The van der Waals surface area contributed by atoms with E-state index in [1.165, 1.54) is 9.58 Å². The van der Waals surface area contributed by atoms with Crippen LogP contribution in [0.3, 0.4) is 0 Å². The minimum Gasteiger partial charge on any atom is -0.341 e. The lowest BCUT2D eigenvalue weighted by atomic mass is 10.3. The van der Waals surface area contributed by atoms with Gasteiger partial charge < -0.3 is 4.90 Å². The smallest absolute Gasteiger partial charge is 0.244 e. The number of hydrogen-bond acceptors (Lipinski definition) is 2. The van der Waals surface area contributed by atoms with Crippen molar-refractivity contribution in [1.82, 2.24) is 14.7 Å². The van der Waals surface area contributed by atoms with Gasteiger partial charge in [-0.25, -0.2) is 4.39 Å². The van der Waals surface area contributed by atoms with Crippen molar-refractivity contribution in [3.05, 3.63) is 16.4 Å². The van der Waals surface area contributed by atoms with Gasteiger partial charge >= 0.3 is 0 Å². The quantitative estimate of drug-likeness (QED) is 0.703. The largest absolute Gasteiger partial charge is 0.341 e. The Bertz CT molecular complexity index is 379. The Kier molecular flexibility index (Phi) is 2.30.